The van der Waals surface area contributed by atoms with Crippen molar-refractivity contribution in [1.82, 2.24) is 9.97 Å². The van der Waals surface area contributed by atoms with Crippen molar-refractivity contribution in [3.8, 4) is 12.1 Å². The van der Waals surface area contributed by atoms with E-state index in [1.807, 2.05) is 24.3 Å². The quantitative estimate of drug-likeness (QED) is 0.747. The third-order valence-corrected chi connectivity index (χ3v) is 3.69. The van der Waals surface area contributed by atoms with Gasteiger partial charge in [-0.3, -0.25) is 0 Å². The van der Waals surface area contributed by atoms with Gasteiger partial charge in [0.2, 0.25) is 0 Å². The molecule has 0 saturated carbocycles. The Labute approximate surface area is 126 Å². The molecule has 1 fully saturated rings. The molecule has 0 aliphatic carbocycles. The minimum absolute atomic E-state index is 0.00460. The first-order valence-corrected chi connectivity index (χ1v) is 6.99. The monoisotopic (exact) mass is 294 g/mol. The molecule has 2 heterocycles. The van der Waals surface area contributed by atoms with Gasteiger partial charge in [0.15, 0.2) is 0 Å². The second-order valence-electron chi connectivity index (χ2n) is 5.11. The Morgan fingerprint density at radius 2 is 1.82 bits per heavy atom. The number of hydrogen-bond donors (Lipinski definition) is 3. The number of fused-ring (bicyclic) bond motifs is 1. The summed E-state index contributed by atoms with van der Waals surface area (Å²) in [6.45, 7) is 1.89. The van der Waals surface area contributed by atoms with E-state index in [1.165, 1.54) is 6.20 Å². The molecule has 1 aliphatic heterocycles. The van der Waals surface area contributed by atoms with Crippen LogP contribution in [0.25, 0.3) is 11.0 Å². The van der Waals surface area contributed by atoms with Crippen LogP contribution in [-0.4, -0.2) is 23.1 Å². The SMILES string of the molecule is N#CC(C#N)=CNc1cc2[nH]c(=O)[nH]c2cc1N1CCCC1. The zero-order valence-corrected chi connectivity index (χ0v) is 11.8. The Bertz CT molecular complexity index is 854. The van der Waals surface area contributed by atoms with Gasteiger partial charge in [-0.1, -0.05) is 0 Å². The van der Waals surface area contributed by atoms with Crippen LogP contribution in [0.4, 0.5) is 11.4 Å². The number of nitriles is 2. The van der Waals surface area contributed by atoms with E-state index in [1.54, 1.807) is 0 Å². The van der Waals surface area contributed by atoms with Gasteiger partial charge in [-0.05, 0) is 25.0 Å². The lowest BCUT2D eigenvalue weighted by molar-refractivity contribution is 0.949. The highest BCUT2D eigenvalue weighted by molar-refractivity contribution is 5.88. The highest BCUT2D eigenvalue weighted by Crippen LogP contribution is 2.32. The van der Waals surface area contributed by atoms with E-state index in [2.05, 4.69) is 20.2 Å². The molecular formula is C15H14N6O. The molecule has 0 spiro atoms. The van der Waals surface area contributed by atoms with Gasteiger partial charge >= 0.3 is 5.69 Å². The van der Waals surface area contributed by atoms with Crippen LogP contribution in [0.15, 0.2) is 28.7 Å². The van der Waals surface area contributed by atoms with Crippen molar-refractivity contribution in [3.63, 3.8) is 0 Å². The van der Waals surface area contributed by atoms with Gasteiger partial charge < -0.3 is 20.2 Å². The summed E-state index contributed by atoms with van der Waals surface area (Å²) in [4.78, 5) is 19.1. The van der Waals surface area contributed by atoms with Crippen LogP contribution in [0.3, 0.4) is 0 Å². The molecular weight excluding hydrogens is 280 g/mol. The van der Waals surface area contributed by atoms with Crippen molar-refractivity contribution in [1.29, 1.82) is 10.5 Å². The predicted molar refractivity (Wildman–Crippen MR) is 83.3 cm³/mol. The molecule has 3 rings (SSSR count). The molecule has 0 unspecified atom stereocenters. The van der Waals surface area contributed by atoms with Crippen molar-refractivity contribution >= 4 is 22.4 Å². The van der Waals surface area contributed by atoms with Crippen LogP contribution in [-0.2, 0) is 0 Å². The summed E-state index contributed by atoms with van der Waals surface area (Å²) in [5.74, 6) is 0. The maximum atomic E-state index is 11.4. The number of aromatic nitrogens is 2. The smallest absolute Gasteiger partial charge is 0.323 e. The number of aromatic amines is 2. The molecule has 1 aromatic carbocycles. The Balaban J connectivity index is 2.07. The summed E-state index contributed by atoms with van der Waals surface area (Å²) < 4.78 is 0. The number of H-pyrrole nitrogens is 2. The average molecular weight is 294 g/mol. The van der Waals surface area contributed by atoms with Gasteiger partial charge in [0.1, 0.15) is 17.7 Å². The fourth-order valence-corrected chi connectivity index (χ4v) is 2.65. The fraction of sp³-hybridized carbons (Fsp3) is 0.267. The summed E-state index contributed by atoms with van der Waals surface area (Å²) >= 11 is 0. The van der Waals surface area contributed by atoms with Gasteiger partial charge in [0, 0.05) is 19.3 Å². The third-order valence-electron chi connectivity index (χ3n) is 3.69. The minimum Gasteiger partial charge on any atom is -0.370 e. The van der Waals surface area contributed by atoms with E-state index in [9.17, 15) is 4.79 Å². The van der Waals surface area contributed by atoms with Crippen LogP contribution < -0.4 is 15.9 Å². The van der Waals surface area contributed by atoms with E-state index in [4.69, 9.17) is 10.5 Å². The van der Waals surface area contributed by atoms with Crippen LogP contribution in [0.2, 0.25) is 0 Å². The number of anilines is 2. The summed E-state index contributed by atoms with van der Waals surface area (Å²) in [6, 6.07) is 7.34. The number of nitrogens with one attached hydrogen (secondary N) is 3. The molecule has 7 heteroatoms. The number of hydrogen-bond acceptors (Lipinski definition) is 5. The highest BCUT2D eigenvalue weighted by atomic mass is 16.1. The largest absolute Gasteiger partial charge is 0.370 e. The zero-order valence-electron chi connectivity index (χ0n) is 11.8. The Morgan fingerprint density at radius 3 is 2.45 bits per heavy atom. The van der Waals surface area contributed by atoms with Gasteiger partial charge in [-0.2, -0.15) is 10.5 Å². The molecule has 0 atom stereocenters. The van der Waals surface area contributed by atoms with Crippen molar-refractivity contribution in [2.24, 2.45) is 0 Å². The highest BCUT2D eigenvalue weighted by Gasteiger charge is 2.17. The molecule has 0 radical (unpaired) electrons. The van der Waals surface area contributed by atoms with Crippen molar-refractivity contribution in [2.75, 3.05) is 23.3 Å². The van der Waals surface area contributed by atoms with Crippen molar-refractivity contribution < 1.29 is 0 Å². The lowest BCUT2D eigenvalue weighted by atomic mass is 10.2. The van der Waals surface area contributed by atoms with Gasteiger partial charge in [0.05, 0.1) is 22.4 Å². The first-order valence-electron chi connectivity index (χ1n) is 6.99. The molecule has 2 aromatic rings. The molecule has 22 heavy (non-hydrogen) atoms. The average Bonchev–Trinajstić information content (AvgIpc) is 3.15. The molecule has 110 valence electrons. The van der Waals surface area contributed by atoms with Crippen molar-refractivity contribution in [2.45, 2.75) is 12.8 Å². The number of nitrogens with zero attached hydrogens (tertiary/aromatic N) is 3. The lowest BCUT2D eigenvalue weighted by Gasteiger charge is -2.21. The maximum Gasteiger partial charge on any atom is 0.323 e. The van der Waals surface area contributed by atoms with E-state index >= 15 is 0 Å². The molecule has 7 nitrogen and oxygen atoms in total. The fourth-order valence-electron chi connectivity index (χ4n) is 2.65. The first-order chi connectivity index (χ1) is 10.7. The van der Waals surface area contributed by atoms with Crippen LogP contribution in [0.5, 0.6) is 0 Å². The topological polar surface area (TPSA) is 111 Å². The van der Waals surface area contributed by atoms with E-state index in [0.29, 0.717) is 5.52 Å². The normalized spacial score (nSPS) is 13.6. The Hall–Kier alpha value is -3.19. The third kappa shape index (κ3) is 2.52. The maximum absolute atomic E-state index is 11.4. The molecule has 1 aromatic heterocycles. The van der Waals surface area contributed by atoms with Gasteiger partial charge in [-0.25, -0.2) is 4.79 Å². The minimum atomic E-state index is -0.259. The molecule has 3 N–H and O–H groups in total. The lowest BCUT2D eigenvalue weighted by Crippen LogP contribution is -2.18. The Morgan fingerprint density at radius 1 is 1.18 bits per heavy atom. The predicted octanol–water partition coefficient (Wildman–Crippen LogP) is 1.80. The summed E-state index contributed by atoms with van der Waals surface area (Å²) in [7, 11) is 0. The van der Waals surface area contributed by atoms with Crippen LogP contribution in [0.1, 0.15) is 12.8 Å². The molecule has 1 aliphatic rings. The number of rotatable bonds is 3. The van der Waals surface area contributed by atoms with E-state index < -0.39 is 0 Å². The van der Waals surface area contributed by atoms with Gasteiger partial charge in [-0.15, -0.1) is 0 Å². The molecule has 1 saturated heterocycles. The van der Waals surface area contributed by atoms with Gasteiger partial charge in [0.25, 0.3) is 0 Å². The standard InChI is InChI=1S/C15H14N6O/c16-7-10(8-17)9-18-13-5-11-12(20-15(22)19-11)6-14(13)21-3-1-2-4-21/h5-6,9,18H,1-4H2,(H2,19,20,22). The number of imidazole rings is 1. The second-order valence-corrected chi connectivity index (χ2v) is 5.11. The first kappa shape index (κ1) is 13.8. The van der Waals surface area contributed by atoms with Crippen LogP contribution >= 0.6 is 0 Å². The van der Waals surface area contributed by atoms with Crippen LogP contribution in [0, 0.1) is 22.7 Å². The summed E-state index contributed by atoms with van der Waals surface area (Å²) in [5, 5.41) is 20.6. The molecule has 0 bridgehead atoms. The zero-order chi connectivity index (χ0) is 15.5. The summed E-state index contributed by atoms with van der Waals surface area (Å²) in [6.07, 6.45) is 3.63. The Kier molecular flexibility index (Phi) is 3.55. The number of allylic oxidation sites excluding steroid dienone is 1. The summed E-state index contributed by atoms with van der Waals surface area (Å²) in [5.41, 5.74) is 2.86. The second kappa shape index (κ2) is 5.66. The van der Waals surface area contributed by atoms with Crippen molar-refractivity contribution in [3.05, 3.63) is 34.4 Å². The van der Waals surface area contributed by atoms with E-state index in [-0.39, 0.29) is 11.3 Å². The number of benzene rings is 1. The van der Waals surface area contributed by atoms with E-state index in [0.717, 1.165) is 42.8 Å². The molecule has 0 amide bonds.